The van der Waals surface area contributed by atoms with Crippen LogP contribution in [0.4, 0.5) is 8.78 Å². The minimum Gasteiger partial charge on any atom is -0.356 e. The molecule has 1 saturated heterocycles. The van der Waals surface area contributed by atoms with E-state index in [1.807, 2.05) is 23.1 Å². The lowest BCUT2D eigenvalue weighted by Crippen LogP contribution is -2.38. The molecule has 1 amide bonds. The third-order valence-corrected chi connectivity index (χ3v) is 4.91. The summed E-state index contributed by atoms with van der Waals surface area (Å²) in [7, 11) is 1.66. The van der Waals surface area contributed by atoms with Gasteiger partial charge in [0.05, 0.1) is 0 Å². The summed E-state index contributed by atoms with van der Waals surface area (Å²) in [4.78, 5) is 17.9. The largest absolute Gasteiger partial charge is 0.356 e. The molecule has 1 aliphatic rings. The Hall–Kier alpha value is -2.23. The first-order valence-corrected chi connectivity index (χ1v) is 9.79. The number of nitrogens with one attached hydrogen (secondary N) is 2. The molecule has 0 aromatic heterocycles. The fraction of sp³-hybridized carbons (Fsp3) is 0.364. The Morgan fingerprint density at radius 1 is 1.13 bits per heavy atom. The Kier molecular flexibility index (Phi) is 9.48. The number of nitrogens with zero attached hydrogens (tertiary/aromatic N) is 2. The summed E-state index contributed by atoms with van der Waals surface area (Å²) in [5, 5.41) is 6.33. The van der Waals surface area contributed by atoms with Crippen molar-refractivity contribution in [1.29, 1.82) is 0 Å². The topological polar surface area (TPSA) is 56.7 Å². The highest BCUT2D eigenvalue weighted by Gasteiger charge is 2.19. The molecule has 5 nitrogen and oxygen atoms in total. The Morgan fingerprint density at radius 2 is 1.93 bits per heavy atom. The van der Waals surface area contributed by atoms with Gasteiger partial charge in [0.15, 0.2) is 5.96 Å². The van der Waals surface area contributed by atoms with Gasteiger partial charge in [0.1, 0.15) is 11.6 Å². The number of benzene rings is 2. The SMILES string of the molecule is CN=C(NCCc1cc(F)ccc1F)NCc1cccc(CN2CCCC2=O)c1.I. The standard InChI is InChI=1S/C22H26F2N4O.HI/c1-25-22(26-10-9-18-13-19(23)7-8-20(18)24)27-14-16-4-2-5-17(12-16)15-28-11-3-6-21(28)29;/h2,4-5,7-8,12-13H,3,6,9-11,14-15H2,1H3,(H2,25,26,27);1H. The third kappa shape index (κ3) is 6.93. The van der Waals surface area contributed by atoms with E-state index in [2.05, 4.69) is 21.7 Å². The molecule has 0 unspecified atom stereocenters. The van der Waals surface area contributed by atoms with Gasteiger partial charge in [0.2, 0.25) is 5.91 Å². The van der Waals surface area contributed by atoms with Crippen LogP contribution in [0.15, 0.2) is 47.5 Å². The fourth-order valence-corrected chi connectivity index (χ4v) is 3.39. The molecule has 162 valence electrons. The molecular weight excluding hydrogens is 501 g/mol. The van der Waals surface area contributed by atoms with Crippen LogP contribution in [-0.4, -0.2) is 36.9 Å². The van der Waals surface area contributed by atoms with Crippen molar-refractivity contribution < 1.29 is 13.6 Å². The van der Waals surface area contributed by atoms with Crippen LogP contribution in [0.3, 0.4) is 0 Å². The molecule has 0 radical (unpaired) electrons. The first kappa shape index (κ1) is 24.0. The number of rotatable bonds is 7. The molecule has 3 rings (SSSR count). The van der Waals surface area contributed by atoms with Gasteiger partial charge in [-0.05, 0) is 47.7 Å². The summed E-state index contributed by atoms with van der Waals surface area (Å²) < 4.78 is 26.9. The first-order valence-electron chi connectivity index (χ1n) is 9.79. The van der Waals surface area contributed by atoms with Crippen LogP contribution < -0.4 is 10.6 Å². The van der Waals surface area contributed by atoms with E-state index < -0.39 is 11.6 Å². The van der Waals surface area contributed by atoms with Crippen molar-refractivity contribution in [2.75, 3.05) is 20.1 Å². The van der Waals surface area contributed by atoms with Crippen molar-refractivity contribution in [2.45, 2.75) is 32.4 Å². The maximum absolute atomic E-state index is 13.7. The molecule has 1 fully saturated rings. The van der Waals surface area contributed by atoms with Gasteiger partial charge in [-0.15, -0.1) is 24.0 Å². The van der Waals surface area contributed by atoms with Gasteiger partial charge < -0.3 is 15.5 Å². The van der Waals surface area contributed by atoms with Crippen LogP contribution in [0, 0.1) is 11.6 Å². The average Bonchev–Trinajstić information content (AvgIpc) is 3.12. The van der Waals surface area contributed by atoms with E-state index in [1.54, 1.807) is 7.05 Å². The van der Waals surface area contributed by atoms with Crippen LogP contribution in [0.1, 0.15) is 29.5 Å². The van der Waals surface area contributed by atoms with E-state index in [9.17, 15) is 13.6 Å². The summed E-state index contributed by atoms with van der Waals surface area (Å²) >= 11 is 0. The maximum Gasteiger partial charge on any atom is 0.222 e. The summed E-state index contributed by atoms with van der Waals surface area (Å²) in [6.45, 7) is 2.45. The Bertz CT molecular complexity index is 891. The Balaban J connectivity index is 0.00000320. The van der Waals surface area contributed by atoms with Crippen molar-refractivity contribution in [3.63, 3.8) is 0 Å². The van der Waals surface area contributed by atoms with E-state index in [0.717, 1.165) is 36.2 Å². The normalized spacial score (nSPS) is 13.9. The fourth-order valence-electron chi connectivity index (χ4n) is 3.39. The zero-order valence-corrected chi connectivity index (χ0v) is 19.3. The highest BCUT2D eigenvalue weighted by molar-refractivity contribution is 14.0. The van der Waals surface area contributed by atoms with Crippen LogP contribution >= 0.6 is 24.0 Å². The number of hydrogen-bond acceptors (Lipinski definition) is 2. The van der Waals surface area contributed by atoms with Gasteiger partial charge >= 0.3 is 0 Å². The summed E-state index contributed by atoms with van der Waals surface area (Å²) in [6, 6.07) is 11.6. The second kappa shape index (κ2) is 11.8. The van der Waals surface area contributed by atoms with Gasteiger partial charge in [-0.2, -0.15) is 0 Å². The van der Waals surface area contributed by atoms with E-state index >= 15 is 0 Å². The van der Waals surface area contributed by atoms with E-state index in [1.165, 1.54) is 6.07 Å². The van der Waals surface area contributed by atoms with Crippen LogP contribution in [0.5, 0.6) is 0 Å². The second-order valence-electron chi connectivity index (χ2n) is 7.08. The average molecular weight is 528 g/mol. The number of halogens is 3. The number of hydrogen-bond donors (Lipinski definition) is 2. The third-order valence-electron chi connectivity index (χ3n) is 4.91. The van der Waals surface area contributed by atoms with Gasteiger partial charge in [-0.1, -0.05) is 24.3 Å². The molecule has 0 atom stereocenters. The number of aliphatic imine (C=N–C) groups is 1. The molecule has 1 aliphatic heterocycles. The number of amides is 1. The predicted molar refractivity (Wildman–Crippen MR) is 125 cm³/mol. The number of guanidine groups is 1. The molecule has 30 heavy (non-hydrogen) atoms. The van der Waals surface area contributed by atoms with Crippen LogP contribution in [0.25, 0.3) is 0 Å². The lowest BCUT2D eigenvalue weighted by Gasteiger charge is -2.16. The molecule has 2 aromatic carbocycles. The van der Waals surface area contributed by atoms with E-state index in [4.69, 9.17) is 0 Å². The van der Waals surface area contributed by atoms with Gasteiger partial charge in [0, 0.05) is 39.6 Å². The van der Waals surface area contributed by atoms with Gasteiger partial charge in [0.25, 0.3) is 0 Å². The lowest BCUT2D eigenvalue weighted by atomic mass is 10.1. The smallest absolute Gasteiger partial charge is 0.222 e. The molecule has 0 aliphatic carbocycles. The molecule has 0 spiro atoms. The summed E-state index contributed by atoms with van der Waals surface area (Å²) in [6.07, 6.45) is 1.92. The molecular formula is C22H27F2IN4O. The molecule has 2 N–H and O–H groups in total. The number of likely N-dealkylation sites (tertiary alicyclic amines) is 1. The minimum atomic E-state index is -0.445. The number of carbonyl (C=O) groups excluding carboxylic acids is 1. The molecule has 0 saturated carbocycles. The van der Waals surface area contributed by atoms with Crippen molar-refractivity contribution in [3.8, 4) is 0 Å². The highest BCUT2D eigenvalue weighted by Crippen LogP contribution is 2.15. The van der Waals surface area contributed by atoms with Crippen LogP contribution in [0.2, 0.25) is 0 Å². The van der Waals surface area contributed by atoms with Gasteiger partial charge in [-0.3, -0.25) is 9.79 Å². The summed E-state index contributed by atoms with van der Waals surface area (Å²) in [5.41, 5.74) is 2.51. The van der Waals surface area contributed by atoms with E-state index in [0.29, 0.717) is 44.0 Å². The van der Waals surface area contributed by atoms with Crippen LogP contribution in [-0.2, 0) is 24.3 Å². The van der Waals surface area contributed by atoms with Crippen molar-refractivity contribution >= 4 is 35.8 Å². The molecule has 8 heteroatoms. The molecule has 2 aromatic rings. The van der Waals surface area contributed by atoms with Crippen molar-refractivity contribution in [3.05, 3.63) is 70.8 Å². The predicted octanol–water partition coefficient (Wildman–Crippen LogP) is 3.61. The summed E-state index contributed by atoms with van der Waals surface area (Å²) in [5.74, 6) is -0.0568. The highest BCUT2D eigenvalue weighted by atomic mass is 127. The monoisotopic (exact) mass is 528 g/mol. The second-order valence-corrected chi connectivity index (χ2v) is 7.08. The molecule has 1 heterocycles. The zero-order valence-electron chi connectivity index (χ0n) is 17.0. The van der Waals surface area contributed by atoms with E-state index in [-0.39, 0.29) is 29.9 Å². The molecule has 0 bridgehead atoms. The van der Waals surface area contributed by atoms with Gasteiger partial charge in [-0.25, -0.2) is 8.78 Å². The lowest BCUT2D eigenvalue weighted by molar-refractivity contribution is -0.128. The van der Waals surface area contributed by atoms with Crippen molar-refractivity contribution in [1.82, 2.24) is 15.5 Å². The van der Waals surface area contributed by atoms with Crippen molar-refractivity contribution in [2.24, 2.45) is 4.99 Å². The zero-order chi connectivity index (χ0) is 20.6. The quantitative estimate of drug-likeness (QED) is 0.328. The Labute approximate surface area is 193 Å². The minimum absolute atomic E-state index is 0. The Morgan fingerprint density at radius 3 is 2.67 bits per heavy atom. The number of carbonyl (C=O) groups is 1. The first-order chi connectivity index (χ1) is 14.0. The maximum atomic E-state index is 13.7.